The Kier molecular flexibility index (Phi) is 3.88. The molecule has 0 aliphatic rings. The van der Waals surface area contributed by atoms with Gasteiger partial charge < -0.3 is 10.1 Å². The molecule has 1 aromatic rings. The SMILES string of the molecule is Cc1ncc(C(CC(=O)O)CC(C)C)[nH]1. The normalized spacial score (nSPS) is 13.1. The number of aromatic amines is 1. The van der Waals surface area contributed by atoms with Gasteiger partial charge in [0.2, 0.25) is 0 Å². The minimum atomic E-state index is -0.757. The third-order valence-electron chi connectivity index (χ3n) is 2.34. The highest BCUT2D eigenvalue weighted by atomic mass is 16.4. The average molecular weight is 210 g/mol. The van der Waals surface area contributed by atoms with Crippen molar-refractivity contribution in [2.45, 2.75) is 39.5 Å². The standard InChI is InChI=1S/C11H18N2O2/c1-7(2)4-9(5-11(14)15)10-6-12-8(3)13-10/h6-7,9H,4-5H2,1-3H3,(H,12,13)(H,14,15). The van der Waals surface area contributed by atoms with Crippen LogP contribution in [0, 0.1) is 12.8 Å². The Morgan fingerprint density at radius 1 is 1.60 bits per heavy atom. The van der Waals surface area contributed by atoms with E-state index in [1.165, 1.54) is 0 Å². The number of rotatable bonds is 5. The van der Waals surface area contributed by atoms with Gasteiger partial charge in [0.15, 0.2) is 0 Å². The minimum absolute atomic E-state index is 0.0451. The van der Waals surface area contributed by atoms with Gasteiger partial charge >= 0.3 is 5.97 Å². The zero-order valence-corrected chi connectivity index (χ0v) is 9.45. The molecular formula is C11H18N2O2. The molecule has 0 spiro atoms. The topological polar surface area (TPSA) is 66.0 Å². The maximum Gasteiger partial charge on any atom is 0.304 e. The molecule has 2 N–H and O–H groups in total. The van der Waals surface area contributed by atoms with Crippen LogP contribution in [0.15, 0.2) is 6.20 Å². The van der Waals surface area contributed by atoms with Gasteiger partial charge in [0, 0.05) is 17.8 Å². The third kappa shape index (κ3) is 3.73. The maximum atomic E-state index is 10.7. The van der Waals surface area contributed by atoms with E-state index in [4.69, 9.17) is 5.11 Å². The monoisotopic (exact) mass is 210 g/mol. The van der Waals surface area contributed by atoms with Crippen LogP contribution in [0.2, 0.25) is 0 Å². The van der Waals surface area contributed by atoms with Crippen molar-refractivity contribution in [3.05, 3.63) is 17.7 Å². The van der Waals surface area contributed by atoms with Crippen molar-refractivity contribution in [3.63, 3.8) is 0 Å². The van der Waals surface area contributed by atoms with Crippen LogP contribution in [0.1, 0.15) is 44.1 Å². The molecule has 0 radical (unpaired) electrons. The molecule has 0 fully saturated rings. The second-order valence-electron chi connectivity index (χ2n) is 4.35. The lowest BCUT2D eigenvalue weighted by molar-refractivity contribution is -0.137. The molecule has 0 saturated heterocycles. The van der Waals surface area contributed by atoms with Crippen molar-refractivity contribution in [2.24, 2.45) is 5.92 Å². The third-order valence-corrected chi connectivity index (χ3v) is 2.34. The predicted octanol–water partition coefficient (Wildman–Crippen LogP) is 2.32. The molecule has 4 heteroatoms. The predicted molar refractivity (Wildman–Crippen MR) is 57.8 cm³/mol. The fourth-order valence-electron chi connectivity index (χ4n) is 1.75. The molecule has 84 valence electrons. The number of carbonyl (C=O) groups is 1. The highest BCUT2D eigenvalue weighted by Gasteiger charge is 2.18. The lowest BCUT2D eigenvalue weighted by Crippen LogP contribution is -2.09. The van der Waals surface area contributed by atoms with Gasteiger partial charge in [-0.05, 0) is 19.3 Å². The maximum absolute atomic E-state index is 10.7. The summed E-state index contributed by atoms with van der Waals surface area (Å²) >= 11 is 0. The van der Waals surface area contributed by atoms with E-state index in [0.29, 0.717) is 5.92 Å². The molecule has 0 bridgehead atoms. The van der Waals surface area contributed by atoms with Crippen molar-refractivity contribution >= 4 is 5.97 Å². The molecule has 0 aliphatic carbocycles. The highest BCUT2D eigenvalue weighted by Crippen LogP contribution is 2.25. The van der Waals surface area contributed by atoms with E-state index in [1.807, 2.05) is 6.92 Å². The number of carboxylic acids is 1. The van der Waals surface area contributed by atoms with Gasteiger partial charge in [-0.2, -0.15) is 0 Å². The van der Waals surface area contributed by atoms with Gasteiger partial charge in [0.1, 0.15) is 5.82 Å². The summed E-state index contributed by atoms with van der Waals surface area (Å²) in [6, 6.07) is 0. The van der Waals surface area contributed by atoms with E-state index in [1.54, 1.807) is 6.20 Å². The van der Waals surface area contributed by atoms with Crippen LogP contribution in [-0.2, 0) is 4.79 Å². The molecule has 0 amide bonds. The lowest BCUT2D eigenvalue weighted by Gasteiger charge is -2.15. The Bertz CT molecular complexity index is 331. The van der Waals surface area contributed by atoms with Crippen molar-refractivity contribution < 1.29 is 9.90 Å². The number of aryl methyl sites for hydroxylation is 1. The lowest BCUT2D eigenvalue weighted by atomic mass is 9.92. The first-order chi connectivity index (χ1) is 6.99. The molecule has 4 nitrogen and oxygen atoms in total. The number of nitrogens with one attached hydrogen (secondary N) is 1. The first-order valence-corrected chi connectivity index (χ1v) is 5.22. The zero-order chi connectivity index (χ0) is 11.4. The summed E-state index contributed by atoms with van der Waals surface area (Å²) in [5.41, 5.74) is 0.934. The first kappa shape index (κ1) is 11.8. The molecule has 1 aromatic heterocycles. The summed E-state index contributed by atoms with van der Waals surface area (Å²) in [4.78, 5) is 18.0. The second kappa shape index (κ2) is 4.96. The molecule has 0 aromatic carbocycles. The molecule has 0 aliphatic heterocycles. The van der Waals surface area contributed by atoms with Crippen molar-refractivity contribution in [1.29, 1.82) is 0 Å². The summed E-state index contributed by atoms with van der Waals surface area (Å²) in [5, 5.41) is 8.83. The zero-order valence-electron chi connectivity index (χ0n) is 9.45. The smallest absolute Gasteiger partial charge is 0.304 e. The number of imidazole rings is 1. The van der Waals surface area contributed by atoms with Crippen molar-refractivity contribution in [3.8, 4) is 0 Å². The Hall–Kier alpha value is -1.32. The van der Waals surface area contributed by atoms with Crippen molar-refractivity contribution in [2.75, 3.05) is 0 Å². The number of aromatic nitrogens is 2. The number of H-pyrrole nitrogens is 1. The van der Waals surface area contributed by atoms with Crippen LogP contribution < -0.4 is 0 Å². The molecule has 1 unspecified atom stereocenters. The van der Waals surface area contributed by atoms with E-state index in [9.17, 15) is 4.79 Å². The number of hydrogen-bond acceptors (Lipinski definition) is 2. The van der Waals surface area contributed by atoms with Crippen LogP contribution >= 0.6 is 0 Å². The van der Waals surface area contributed by atoms with Gasteiger partial charge in [-0.1, -0.05) is 13.8 Å². The molecule has 1 heterocycles. The number of hydrogen-bond donors (Lipinski definition) is 2. The van der Waals surface area contributed by atoms with Crippen LogP contribution in [0.25, 0.3) is 0 Å². The summed E-state index contributed by atoms with van der Waals surface area (Å²) < 4.78 is 0. The van der Waals surface area contributed by atoms with Crippen molar-refractivity contribution in [1.82, 2.24) is 9.97 Å². The Balaban J connectivity index is 2.75. The molecular weight excluding hydrogens is 192 g/mol. The molecule has 1 rings (SSSR count). The van der Waals surface area contributed by atoms with Crippen LogP contribution in [-0.4, -0.2) is 21.0 Å². The second-order valence-corrected chi connectivity index (χ2v) is 4.35. The van der Waals surface area contributed by atoms with E-state index < -0.39 is 5.97 Å². The highest BCUT2D eigenvalue weighted by molar-refractivity contribution is 5.67. The van der Waals surface area contributed by atoms with Gasteiger partial charge in [-0.15, -0.1) is 0 Å². The van der Waals surface area contributed by atoms with Gasteiger partial charge in [-0.25, -0.2) is 4.98 Å². The largest absolute Gasteiger partial charge is 0.481 e. The summed E-state index contributed by atoms with van der Waals surface area (Å²) in [6.07, 6.45) is 2.78. The van der Waals surface area contributed by atoms with E-state index in [0.717, 1.165) is 17.9 Å². The van der Waals surface area contributed by atoms with Gasteiger partial charge in [0.05, 0.1) is 6.42 Å². The van der Waals surface area contributed by atoms with Gasteiger partial charge in [0.25, 0.3) is 0 Å². The summed E-state index contributed by atoms with van der Waals surface area (Å²) in [5.74, 6) is 0.610. The molecule has 15 heavy (non-hydrogen) atoms. The Labute approximate surface area is 89.7 Å². The number of carboxylic acid groups (broad SMARTS) is 1. The summed E-state index contributed by atoms with van der Waals surface area (Å²) in [6.45, 7) is 6.06. The van der Waals surface area contributed by atoms with E-state index >= 15 is 0 Å². The van der Waals surface area contributed by atoms with E-state index in [2.05, 4.69) is 23.8 Å². The van der Waals surface area contributed by atoms with Crippen LogP contribution in [0.3, 0.4) is 0 Å². The fraction of sp³-hybridized carbons (Fsp3) is 0.636. The van der Waals surface area contributed by atoms with E-state index in [-0.39, 0.29) is 12.3 Å². The van der Waals surface area contributed by atoms with Crippen LogP contribution in [0.5, 0.6) is 0 Å². The number of nitrogens with zero attached hydrogens (tertiary/aromatic N) is 1. The molecule has 0 saturated carbocycles. The first-order valence-electron chi connectivity index (χ1n) is 5.22. The Morgan fingerprint density at radius 2 is 2.27 bits per heavy atom. The fourth-order valence-corrected chi connectivity index (χ4v) is 1.75. The summed E-state index contributed by atoms with van der Waals surface area (Å²) in [7, 11) is 0. The minimum Gasteiger partial charge on any atom is -0.481 e. The van der Waals surface area contributed by atoms with Gasteiger partial charge in [-0.3, -0.25) is 4.79 Å². The Morgan fingerprint density at radius 3 is 2.67 bits per heavy atom. The average Bonchev–Trinajstić information content (AvgIpc) is 2.48. The quantitative estimate of drug-likeness (QED) is 0.783. The molecule has 1 atom stereocenters. The van der Waals surface area contributed by atoms with Crippen LogP contribution in [0.4, 0.5) is 0 Å². The number of aliphatic carboxylic acids is 1.